The summed E-state index contributed by atoms with van der Waals surface area (Å²) in [5.74, 6) is -1.82. The Labute approximate surface area is 151 Å². The maximum Gasteiger partial charge on any atom is 0.307 e. The van der Waals surface area contributed by atoms with Crippen molar-refractivity contribution in [2.75, 3.05) is 17.7 Å². The highest BCUT2D eigenvalue weighted by molar-refractivity contribution is 7.91. The summed E-state index contributed by atoms with van der Waals surface area (Å²) in [5, 5.41) is 11.4. The van der Waals surface area contributed by atoms with Crippen LogP contribution in [0.3, 0.4) is 0 Å². The van der Waals surface area contributed by atoms with Gasteiger partial charge in [-0.2, -0.15) is 5.26 Å². The summed E-state index contributed by atoms with van der Waals surface area (Å²) in [4.78, 5) is 23.6. The van der Waals surface area contributed by atoms with Crippen LogP contribution in [-0.2, 0) is 24.2 Å². The number of nitrogens with zero attached hydrogens (tertiary/aromatic N) is 1. The Morgan fingerprint density at radius 1 is 1.04 bits per heavy atom. The fourth-order valence-electron chi connectivity index (χ4n) is 2.06. The largest absolute Gasteiger partial charge is 0.456 e. The van der Waals surface area contributed by atoms with E-state index in [1.54, 1.807) is 36.4 Å². The van der Waals surface area contributed by atoms with Crippen molar-refractivity contribution in [1.29, 1.82) is 5.26 Å². The first-order chi connectivity index (χ1) is 12.4. The fraction of sp³-hybridized carbons (Fsp3) is 0.167. The number of para-hydroxylation sites is 1. The average Bonchev–Trinajstić information content (AvgIpc) is 2.66. The maximum absolute atomic E-state index is 12.1. The summed E-state index contributed by atoms with van der Waals surface area (Å²) in [6, 6.07) is 16.1. The number of rotatable bonds is 7. The molecule has 2 aromatic carbocycles. The van der Waals surface area contributed by atoms with Crippen LogP contribution < -0.4 is 5.32 Å². The van der Waals surface area contributed by atoms with Crippen molar-refractivity contribution in [3.8, 4) is 6.07 Å². The van der Waals surface area contributed by atoms with Gasteiger partial charge in [-0.15, -0.1) is 0 Å². The molecular formula is C18H16N2O5S. The Morgan fingerprint density at radius 3 is 2.38 bits per heavy atom. The molecule has 0 aliphatic heterocycles. The second kappa shape index (κ2) is 8.78. The number of carbonyl (C=O) groups is 2. The molecular weight excluding hydrogens is 356 g/mol. The van der Waals surface area contributed by atoms with Crippen LogP contribution in [0.15, 0.2) is 59.5 Å². The van der Waals surface area contributed by atoms with Gasteiger partial charge in [0.25, 0.3) is 5.91 Å². The van der Waals surface area contributed by atoms with Gasteiger partial charge >= 0.3 is 5.97 Å². The summed E-state index contributed by atoms with van der Waals surface area (Å²) in [5.41, 5.74) is 0.587. The third kappa shape index (κ3) is 5.43. The number of nitriles is 1. The molecule has 0 fully saturated rings. The van der Waals surface area contributed by atoms with Crippen LogP contribution in [0.25, 0.3) is 0 Å². The van der Waals surface area contributed by atoms with Crippen LogP contribution in [-0.4, -0.2) is 32.7 Å². The smallest absolute Gasteiger partial charge is 0.307 e. The molecule has 0 radical (unpaired) electrons. The van der Waals surface area contributed by atoms with E-state index >= 15 is 0 Å². The van der Waals surface area contributed by atoms with Crippen molar-refractivity contribution in [3.63, 3.8) is 0 Å². The van der Waals surface area contributed by atoms with Gasteiger partial charge in [0.05, 0.1) is 28.3 Å². The lowest BCUT2D eigenvalue weighted by atomic mass is 10.2. The van der Waals surface area contributed by atoms with Gasteiger partial charge < -0.3 is 10.1 Å². The number of esters is 1. The van der Waals surface area contributed by atoms with Gasteiger partial charge in [0.15, 0.2) is 16.4 Å². The third-order valence-corrected chi connectivity index (χ3v) is 5.10. The molecule has 0 aromatic heterocycles. The molecule has 8 heteroatoms. The Morgan fingerprint density at radius 2 is 1.69 bits per heavy atom. The summed E-state index contributed by atoms with van der Waals surface area (Å²) < 4.78 is 28.9. The normalized spacial score (nSPS) is 10.6. The molecule has 0 aliphatic carbocycles. The van der Waals surface area contributed by atoms with Gasteiger partial charge in [-0.25, -0.2) is 8.42 Å². The number of nitrogens with one attached hydrogen (secondary N) is 1. The molecule has 0 bridgehead atoms. The zero-order chi connectivity index (χ0) is 19.0. The average molecular weight is 372 g/mol. The molecule has 0 heterocycles. The van der Waals surface area contributed by atoms with E-state index in [1.807, 2.05) is 6.07 Å². The topological polar surface area (TPSA) is 113 Å². The predicted molar refractivity (Wildman–Crippen MR) is 93.9 cm³/mol. The van der Waals surface area contributed by atoms with E-state index in [0.29, 0.717) is 5.69 Å². The Bertz CT molecular complexity index is 934. The Kier molecular flexibility index (Phi) is 6.47. The lowest BCUT2D eigenvalue weighted by Crippen LogP contribution is -2.22. The van der Waals surface area contributed by atoms with Crippen molar-refractivity contribution >= 4 is 27.4 Å². The predicted octanol–water partition coefficient (Wildman–Crippen LogP) is 1.90. The maximum atomic E-state index is 12.1. The number of benzene rings is 2. The zero-order valence-corrected chi connectivity index (χ0v) is 14.5. The van der Waals surface area contributed by atoms with E-state index in [9.17, 15) is 18.0 Å². The molecule has 2 aromatic rings. The molecule has 26 heavy (non-hydrogen) atoms. The van der Waals surface area contributed by atoms with Gasteiger partial charge in [0.2, 0.25) is 0 Å². The van der Waals surface area contributed by atoms with Crippen molar-refractivity contribution in [2.24, 2.45) is 0 Å². The van der Waals surface area contributed by atoms with Crippen LogP contribution in [0.4, 0.5) is 5.69 Å². The van der Waals surface area contributed by atoms with E-state index in [4.69, 9.17) is 10.00 Å². The Balaban J connectivity index is 1.82. The van der Waals surface area contributed by atoms with Gasteiger partial charge in [0, 0.05) is 0 Å². The molecule has 7 nitrogen and oxygen atoms in total. The van der Waals surface area contributed by atoms with Crippen LogP contribution in [0.1, 0.15) is 12.0 Å². The fourth-order valence-corrected chi connectivity index (χ4v) is 3.30. The summed E-state index contributed by atoms with van der Waals surface area (Å²) in [7, 11) is -3.59. The molecule has 0 atom stereocenters. The second-order valence-corrected chi connectivity index (χ2v) is 7.36. The van der Waals surface area contributed by atoms with Crippen LogP contribution in [0.2, 0.25) is 0 Å². The number of carbonyl (C=O) groups excluding carboxylic acids is 2. The molecule has 0 spiro atoms. The van der Waals surface area contributed by atoms with Gasteiger partial charge in [-0.3, -0.25) is 9.59 Å². The highest BCUT2D eigenvalue weighted by Crippen LogP contribution is 2.13. The molecule has 2 rings (SSSR count). The number of hydrogen-bond donors (Lipinski definition) is 1. The standard InChI is InChI=1S/C18H16N2O5S/c19-12-14-6-4-5-9-16(14)20-17(21)13-25-18(22)10-11-26(23,24)15-7-2-1-3-8-15/h1-9H,10-11,13H2,(H,20,21). The van der Waals surface area contributed by atoms with E-state index < -0.39 is 34.1 Å². The van der Waals surface area contributed by atoms with Gasteiger partial charge in [-0.05, 0) is 24.3 Å². The highest BCUT2D eigenvalue weighted by atomic mass is 32.2. The first-order valence-electron chi connectivity index (χ1n) is 7.65. The third-order valence-electron chi connectivity index (χ3n) is 3.36. The highest BCUT2D eigenvalue weighted by Gasteiger charge is 2.17. The number of anilines is 1. The number of ether oxygens (including phenoxy) is 1. The van der Waals surface area contributed by atoms with Gasteiger partial charge in [-0.1, -0.05) is 30.3 Å². The van der Waals surface area contributed by atoms with Crippen molar-refractivity contribution in [3.05, 3.63) is 60.2 Å². The van der Waals surface area contributed by atoms with E-state index in [-0.39, 0.29) is 16.9 Å². The van der Waals surface area contributed by atoms with Crippen LogP contribution in [0, 0.1) is 11.3 Å². The molecule has 0 unspecified atom stereocenters. The number of sulfone groups is 1. The summed E-state index contributed by atoms with van der Waals surface area (Å²) in [6.07, 6.45) is -0.362. The van der Waals surface area contributed by atoms with Crippen molar-refractivity contribution < 1.29 is 22.7 Å². The summed E-state index contributed by atoms with van der Waals surface area (Å²) >= 11 is 0. The first-order valence-corrected chi connectivity index (χ1v) is 9.30. The molecule has 1 N–H and O–H groups in total. The van der Waals surface area contributed by atoms with E-state index in [1.165, 1.54) is 18.2 Å². The van der Waals surface area contributed by atoms with E-state index in [0.717, 1.165) is 0 Å². The molecule has 1 amide bonds. The van der Waals surface area contributed by atoms with Crippen LogP contribution >= 0.6 is 0 Å². The minimum atomic E-state index is -3.59. The Hall–Kier alpha value is -3.18. The number of hydrogen-bond acceptors (Lipinski definition) is 6. The van der Waals surface area contributed by atoms with Crippen LogP contribution in [0.5, 0.6) is 0 Å². The molecule has 134 valence electrons. The number of amides is 1. The molecule has 0 saturated heterocycles. The molecule has 0 saturated carbocycles. The van der Waals surface area contributed by atoms with E-state index in [2.05, 4.69) is 5.32 Å². The molecule has 0 aliphatic rings. The SMILES string of the molecule is N#Cc1ccccc1NC(=O)COC(=O)CCS(=O)(=O)c1ccccc1. The minimum Gasteiger partial charge on any atom is -0.456 e. The second-order valence-electron chi connectivity index (χ2n) is 5.25. The van der Waals surface area contributed by atoms with Crippen molar-refractivity contribution in [1.82, 2.24) is 0 Å². The first kappa shape index (κ1) is 19.1. The van der Waals surface area contributed by atoms with Gasteiger partial charge in [0.1, 0.15) is 6.07 Å². The zero-order valence-electron chi connectivity index (χ0n) is 13.7. The minimum absolute atomic E-state index is 0.124. The monoisotopic (exact) mass is 372 g/mol. The lowest BCUT2D eigenvalue weighted by Gasteiger charge is -2.08. The summed E-state index contributed by atoms with van der Waals surface area (Å²) in [6.45, 7) is -0.565. The quantitative estimate of drug-likeness (QED) is 0.743. The van der Waals surface area contributed by atoms with Crippen molar-refractivity contribution in [2.45, 2.75) is 11.3 Å². The lowest BCUT2D eigenvalue weighted by molar-refractivity contribution is -0.146.